The van der Waals surface area contributed by atoms with Crippen molar-refractivity contribution in [2.75, 3.05) is 5.32 Å². The van der Waals surface area contributed by atoms with Crippen LogP contribution in [0.4, 0.5) is 5.69 Å². The van der Waals surface area contributed by atoms with Crippen molar-refractivity contribution in [2.45, 2.75) is 35.4 Å². The molecule has 1 aromatic carbocycles. The highest BCUT2D eigenvalue weighted by atomic mass is 32.2. The van der Waals surface area contributed by atoms with Gasteiger partial charge in [-0.2, -0.15) is 0 Å². The number of benzene rings is 1. The zero-order valence-corrected chi connectivity index (χ0v) is 10.6. The van der Waals surface area contributed by atoms with E-state index >= 15 is 0 Å². The zero-order chi connectivity index (χ0) is 12.5. The molecule has 1 aromatic rings. The van der Waals surface area contributed by atoms with Crippen LogP contribution in [0.3, 0.4) is 0 Å². The fourth-order valence-corrected chi connectivity index (χ4v) is 3.02. The van der Waals surface area contributed by atoms with Crippen LogP contribution in [-0.4, -0.2) is 23.1 Å². The normalized spacial score (nSPS) is 22.0. The second-order valence-corrected chi connectivity index (χ2v) is 5.88. The summed E-state index contributed by atoms with van der Waals surface area (Å²) in [6.45, 7) is 0. The minimum atomic E-state index is -0.321. The zero-order valence-electron chi connectivity index (χ0n) is 9.81. The molecule has 0 unspecified atom stereocenters. The number of carbonyl (C=O) groups excluding carboxylic acids is 2. The predicted molar refractivity (Wildman–Crippen MR) is 70.5 cm³/mol. The average molecular weight is 262 g/mol. The predicted octanol–water partition coefficient (Wildman–Crippen LogP) is 1.77. The first-order chi connectivity index (χ1) is 8.72. The number of rotatable bonds is 3. The van der Waals surface area contributed by atoms with E-state index < -0.39 is 0 Å². The fraction of sp³-hybridized carbons (Fsp3) is 0.385. The Morgan fingerprint density at radius 2 is 2.17 bits per heavy atom. The monoisotopic (exact) mass is 262 g/mol. The third-order valence-corrected chi connectivity index (χ3v) is 4.30. The van der Waals surface area contributed by atoms with Gasteiger partial charge < -0.3 is 10.6 Å². The molecule has 1 atom stereocenters. The Bertz CT molecular complexity index is 500. The number of anilines is 1. The molecular weight excluding hydrogens is 248 g/mol. The number of fused-ring (bicyclic) bond motifs is 1. The van der Waals surface area contributed by atoms with Gasteiger partial charge >= 0.3 is 0 Å². The first kappa shape index (κ1) is 11.6. The summed E-state index contributed by atoms with van der Waals surface area (Å²) in [6.07, 6.45) is 2.39. The molecule has 1 aliphatic heterocycles. The molecule has 0 aromatic heterocycles. The number of nitrogens with one attached hydrogen (secondary N) is 2. The minimum absolute atomic E-state index is 0.0236. The van der Waals surface area contributed by atoms with Gasteiger partial charge in [0.15, 0.2) is 0 Å². The molecular formula is C13H14N2O2S. The van der Waals surface area contributed by atoms with Gasteiger partial charge in [-0.15, -0.1) is 11.8 Å². The van der Waals surface area contributed by atoms with Crippen LogP contribution in [0, 0.1) is 0 Å². The van der Waals surface area contributed by atoms with E-state index in [1.54, 1.807) is 0 Å². The molecule has 2 aliphatic rings. The molecule has 2 amide bonds. The lowest BCUT2D eigenvalue weighted by molar-refractivity contribution is -0.124. The summed E-state index contributed by atoms with van der Waals surface area (Å²) in [4.78, 5) is 24.6. The average Bonchev–Trinajstić information content (AvgIpc) is 3.14. The summed E-state index contributed by atoms with van der Waals surface area (Å²) in [7, 11) is 0. The maximum Gasteiger partial charge on any atom is 0.238 e. The lowest BCUT2D eigenvalue weighted by Gasteiger charge is -2.23. The highest BCUT2D eigenvalue weighted by molar-refractivity contribution is 8.01. The molecule has 3 rings (SSSR count). The van der Waals surface area contributed by atoms with Crippen molar-refractivity contribution in [3.8, 4) is 0 Å². The van der Waals surface area contributed by atoms with Gasteiger partial charge in [-0.1, -0.05) is 12.1 Å². The van der Waals surface area contributed by atoms with Gasteiger partial charge in [0.05, 0.1) is 10.9 Å². The molecule has 1 fully saturated rings. The smallest absolute Gasteiger partial charge is 0.238 e. The van der Waals surface area contributed by atoms with E-state index in [4.69, 9.17) is 0 Å². The SMILES string of the molecule is O=C(C[C@H]1Sc2ccccc2NC1=O)NC1CC1. The number of carbonyl (C=O) groups is 2. The summed E-state index contributed by atoms with van der Waals surface area (Å²) in [5.74, 6) is -0.103. The largest absolute Gasteiger partial charge is 0.353 e. The third-order valence-electron chi connectivity index (χ3n) is 3.02. The van der Waals surface area contributed by atoms with Crippen LogP contribution in [-0.2, 0) is 9.59 Å². The number of thioether (sulfide) groups is 1. The van der Waals surface area contributed by atoms with Crippen molar-refractivity contribution < 1.29 is 9.59 Å². The molecule has 4 nitrogen and oxygen atoms in total. The summed E-state index contributed by atoms with van der Waals surface area (Å²) in [5, 5.41) is 5.44. The van der Waals surface area contributed by atoms with E-state index in [1.165, 1.54) is 11.8 Å². The van der Waals surface area contributed by atoms with Gasteiger partial charge in [-0.05, 0) is 25.0 Å². The van der Waals surface area contributed by atoms with Crippen LogP contribution in [0.25, 0.3) is 0 Å². The van der Waals surface area contributed by atoms with Crippen molar-refractivity contribution in [2.24, 2.45) is 0 Å². The topological polar surface area (TPSA) is 58.2 Å². The lowest BCUT2D eigenvalue weighted by atomic mass is 10.2. The lowest BCUT2D eigenvalue weighted by Crippen LogP contribution is -2.35. The van der Waals surface area contributed by atoms with Crippen molar-refractivity contribution in [3.05, 3.63) is 24.3 Å². The summed E-state index contributed by atoms with van der Waals surface area (Å²) in [6, 6.07) is 8.01. The second-order valence-electron chi connectivity index (χ2n) is 4.64. The molecule has 94 valence electrons. The van der Waals surface area contributed by atoms with Crippen LogP contribution in [0.2, 0.25) is 0 Å². The van der Waals surface area contributed by atoms with E-state index in [9.17, 15) is 9.59 Å². The fourth-order valence-electron chi connectivity index (χ4n) is 1.91. The number of hydrogen-bond donors (Lipinski definition) is 2. The summed E-state index contributed by atoms with van der Waals surface area (Å²) >= 11 is 1.47. The molecule has 0 bridgehead atoms. The Kier molecular flexibility index (Phi) is 2.99. The molecule has 1 saturated carbocycles. The van der Waals surface area contributed by atoms with Gasteiger partial charge in [-0.3, -0.25) is 9.59 Å². The quantitative estimate of drug-likeness (QED) is 0.872. The van der Waals surface area contributed by atoms with Crippen LogP contribution in [0.5, 0.6) is 0 Å². The maximum atomic E-state index is 11.9. The van der Waals surface area contributed by atoms with Gasteiger partial charge in [-0.25, -0.2) is 0 Å². The highest BCUT2D eigenvalue weighted by Crippen LogP contribution is 2.36. The Morgan fingerprint density at radius 3 is 2.94 bits per heavy atom. The Hall–Kier alpha value is -1.49. The minimum Gasteiger partial charge on any atom is -0.353 e. The van der Waals surface area contributed by atoms with Crippen molar-refractivity contribution in [3.63, 3.8) is 0 Å². The van der Waals surface area contributed by atoms with Crippen LogP contribution in [0.15, 0.2) is 29.2 Å². The number of amides is 2. The van der Waals surface area contributed by atoms with E-state index in [-0.39, 0.29) is 23.5 Å². The van der Waals surface area contributed by atoms with E-state index in [0.717, 1.165) is 23.4 Å². The number of para-hydroxylation sites is 1. The van der Waals surface area contributed by atoms with Gasteiger partial charge in [0.2, 0.25) is 11.8 Å². The second kappa shape index (κ2) is 4.65. The Labute approximate surface area is 110 Å². The Balaban J connectivity index is 1.66. The van der Waals surface area contributed by atoms with Crippen molar-refractivity contribution >= 4 is 29.3 Å². The molecule has 1 heterocycles. The van der Waals surface area contributed by atoms with E-state index in [0.29, 0.717) is 6.04 Å². The molecule has 2 N–H and O–H groups in total. The van der Waals surface area contributed by atoms with Gasteiger partial charge in [0, 0.05) is 17.4 Å². The first-order valence-electron chi connectivity index (χ1n) is 6.08. The summed E-state index contributed by atoms with van der Waals surface area (Å²) in [5.41, 5.74) is 0.839. The van der Waals surface area contributed by atoms with Crippen LogP contribution < -0.4 is 10.6 Å². The molecule has 0 spiro atoms. The van der Waals surface area contributed by atoms with E-state index in [1.807, 2.05) is 24.3 Å². The molecule has 5 heteroatoms. The Morgan fingerprint density at radius 1 is 1.39 bits per heavy atom. The third kappa shape index (κ3) is 2.51. The molecule has 1 aliphatic carbocycles. The van der Waals surface area contributed by atoms with E-state index in [2.05, 4.69) is 10.6 Å². The molecule has 0 radical (unpaired) electrons. The standard InChI is InChI=1S/C13H14N2O2S/c16-12(14-8-5-6-8)7-11-13(17)15-9-3-1-2-4-10(9)18-11/h1-4,8,11H,5-7H2,(H,14,16)(H,15,17)/t11-/m1/s1. The summed E-state index contributed by atoms with van der Waals surface area (Å²) < 4.78 is 0. The van der Waals surface area contributed by atoms with Crippen molar-refractivity contribution in [1.82, 2.24) is 5.32 Å². The maximum absolute atomic E-state index is 11.9. The molecule has 0 saturated heterocycles. The van der Waals surface area contributed by atoms with Gasteiger partial charge in [0.1, 0.15) is 0 Å². The highest BCUT2D eigenvalue weighted by Gasteiger charge is 2.30. The number of hydrogen-bond acceptors (Lipinski definition) is 3. The van der Waals surface area contributed by atoms with Gasteiger partial charge in [0.25, 0.3) is 0 Å². The van der Waals surface area contributed by atoms with Crippen molar-refractivity contribution in [1.29, 1.82) is 0 Å². The molecule has 18 heavy (non-hydrogen) atoms. The first-order valence-corrected chi connectivity index (χ1v) is 6.96. The van der Waals surface area contributed by atoms with Crippen LogP contribution >= 0.6 is 11.8 Å². The van der Waals surface area contributed by atoms with Crippen LogP contribution in [0.1, 0.15) is 19.3 Å².